The molecule has 1 aromatic carbocycles. The van der Waals surface area contributed by atoms with Crippen LogP contribution in [0.3, 0.4) is 0 Å². The lowest BCUT2D eigenvalue weighted by Crippen LogP contribution is -1.77. The molecular weight excluding hydrogens is 195 g/mol. The molecule has 0 saturated carbocycles. The molecule has 3 nitrogen and oxygen atoms in total. The minimum atomic E-state index is -0.280. The van der Waals surface area contributed by atoms with Gasteiger partial charge in [0, 0.05) is 16.3 Å². The van der Waals surface area contributed by atoms with Crippen molar-refractivity contribution in [3.8, 4) is 0 Å². The van der Waals surface area contributed by atoms with Crippen molar-refractivity contribution in [1.29, 1.82) is 0 Å². The molecule has 3 aromatic rings. The third kappa shape index (κ3) is 1.08. The lowest BCUT2D eigenvalue weighted by molar-refractivity contribution is 0.112. The summed E-state index contributed by atoms with van der Waals surface area (Å²) < 4.78 is 13.0. The lowest BCUT2D eigenvalue weighted by Gasteiger charge is -1.89. The summed E-state index contributed by atoms with van der Waals surface area (Å²) in [6.07, 6.45) is 0.735. The number of aldehydes is 1. The number of halogens is 1. The Labute approximate surface area is 83.9 Å². The van der Waals surface area contributed by atoms with Gasteiger partial charge in [0.15, 0.2) is 6.29 Å². The van der Waals surface area contributed by atoms with E-state index in [-0.39, 0.29) is 5.82 Å². The third-order valence-electron chi connectivity index (χ3n) is 2.50. The zero-order valence-electron chi connectivity index (χ0n) is 7.67. The summed E-state index contributed by atoms with van der Waals surface area (Å²) >= 11 is 0. The Morgan fingerprint density at radius 3 is 2.80 bits per heavy atom. The topological polar surface area (TPSA) is 48.6 Å². The molecule has 0 aliphatic rings. The number of hydrogen-bond acceptors (Lipinski definition) is 1. The van der Waals surface area contributed by atoms with Gasteiger partial charge < -0.3 is 9.97 Å². The zero-order valence-corrected chi connectivity index (χ0v) is 7.67. The Morgan fingerprint density at radius 1 is 1.13 bits per heavy atom. The summed E-state index contributed by atoms with van der Waals surface area (Å²) in [4.78, 5) is 16.5. The quantitative estimate of drug-likeness (QED) is 0.585. The van der Waals surface area contributed by atoms with Gasteiger partial charge in [-0.15, -0.1) is 0 Å². The number of benzene rings is 1. The number of hydrogen-bond donors (Lipinski definition) is 2. The first-order valence-electron chi connectivity index (χ1n) is 4.53. The van der Waals surface area contributed by atoms with Crippen molar-refractivity contribution in [2.75, 3.05) is 0 Å². The Balaban J connectivity index is 2.47. The van der Waals surface area contributed by atoms with Crippen LogP contribution in [0, 0.1) is 5.82 Å². The molecule has 0 amide bonds. The molecule has 0 aliphatic heterocycles. The minimum Gasteiger partial charge on any atom is -0.341 e. The van der Waals surface area contributed by atoms with Crippen molar-refractivity contribution in [2.24, 2.45) is 0 Å². The number of rotatable bonds is 1. The molecule has 74 valence electrons. The predicted molar refractivity (Wildman–Crippen MR) is 55.5 cm³/mol. The Kier molecular flexibility index (Phi) is 1.48. The maximum Gasteiger partial charge on any atom is 0.166 e. The van der Waals surface area contributed by atoms with Gasteiger partial charge in [-0.3, -0.25) is 4.79 Å². The van der Waals surface area contributed by atoms with E-state index < -0.39 is 0 Å². The van der Waals surface area contributed by atoms with E-state index in [1.807, 2.05) is 0 Å². The van der Waals surface area contributed by atoms with Crippen molar-refractivity contribution >= 4 is 28.2 Å². The highest BCUT2D eigenvalue weighted by Gasteiger charge is 2.07. The fourth-order valence-corrected chi connectivity index (χ4v) is 1.83. The number of nitrogens with one attached hydrogen (secondary N) is 2. The number of aromatic amines is 2. The standard InChI is InChI=1S/C11H7FN2O/c12-6-1-2-10-8(3-6)9-4-7(5-15)13-11(9)14-10/h1-5,13-14H. The van der Waals surface area contributed by atoms with Crippen molar-refractivity contribution in [3.05, 3.63) is 35.8 Å². The maximum atomic E-state index is 13.0. The molecule has 0 atom stereocenters. The van der Waals surface area contributed by atoms with Crippen LogP contribution in [0.4, 0.5) is 4.39 Å². The fraction of sp³-hybridized carbons (Fsp3) is 0. The van der Waals surface area contributed by atoms with Crippen LogP contribution in [-0.2, 0) is 0 Å². The summed E-state index contributed by atoms with van der Waals surface area (Å²) in [5.41, 5.74) is 2.09. The average Bonchev–Trinajstić information content (AvgIpc) is 2.75. The first kappa shape index (κ1) is 8.23. The normalized spacial score (nSPS) is 11.3. The molecule has 2 N–H and O–H groups in total. The van der Waals surface area contributed by atoms with E-state index in [4.69, 9.17) is 0 Å². The van der Waals surface area contributed by atoms with Gasteiger partial charge in [0.2, 0.25) is 0 Å². The molecule has 0 aliphatic carbocycles. The summed E-state index contributed by atoms with van der Waals surface area (Å²) in [6, 6.07) is 6.24. The molecule has 0 fully saturated rings. The van der Waals surface area contributed by atoms with E-state index in [1.165, 1.54) is 12.1 Å². The summed E-state index contributed by atoms with van der Waals surface area (Å²) in [6.45, 7) is 0. The highest BCUT2D eigenvalue weighted by Crippen LogP contribution is 2.26. The first-order valence-corrected chi connectivity index (χ1v) is 4.53. The van der Waals surface area contributed by atoms with Crippen LogP contribution in [0.15, 0.2) is 24.3 Å². The van der Waals surface area contributed by atoms with Crippen molar-refractivity contribution in [2.45, 2.75) is 0 Å². The van der Waals surface area contributed by atoms with E-state index >= 15 is 0 Å². The number of carbonyl (C=O) groups is 1. The molecule has 2 aromatic heterocycles. The van der Waals surface area contributed by atoms with Crippen LogP contribution >= 0.6 is 0 Å². The minimum absolute atomic E-state index is 0.280. The van der Waals surface area contributed by atoms with Crippen LogP contribution in [0.25, 0.3) is 21.9 Å². The van der Waals surface area contributed by atoms with E-state index in [9.17, 15) is 9.18 Å². The summed E-state index contributed by atoms with van der Waals surface area (Å²) in [5, 5.41) is 1.63. The second kappa shape index (κ2) is 2.70. The molecule has 0 unspecified atom stereocenters. The van der Waals surface area contributed by atoms with Crippen LogP contribution < -0.4 is 0 Å². The monoisotopic (exact) mass is 202 g/mol. The Morgan fingerprint density at radius 2 is 2.00 bits per heavy atom. The lowest BCUT2D eigenvalue weighted by atomic mass is 10.2. The van der Waals surface area contributed by atoms with E-state index in [1.54, 1.807) is 12.1 Å². The molecular formula is C11H7FN2O. The molecule has 3 rings (SSSR count). The van der Waals surface area contributed by atoms with Gasteiger partial charge in [0.1, 0.15) is 11.5 Å². The highest BCUT2D eigenvalue weighted by atomic mass is 19.1. The Hall–Kier alpha value is -2.10. The molecule has 2 heterocycles. The first-order chi connectivity index (χ1) is 7.28. The zero-order chi connectivity index (χ0) is 10.4. The van der Waals surface area contributed by atoms with Crippen molar-refractivity contribution in [1.82, 2.24) is 9.97 Å². The molecule has 0 spiro atoms. The second-order valence-corrected chi connectivity index (χ2v) is 3.45. The molecule has 0 saturated heterocycles. The number of carbonyl (C=O) groups excluding carboxylic acids is 1. The third-order valence-corrected chi connectivity index (χ3v) is 2.50. The SMILES string of the molecule is O=Cc1cc2c([nH]1)[nH]c1ccc(F)cc12. The van der Waals surface area contributed by atoms with Gasteiger partial charge in [0.25, 0.3) is 0 Å². The van der Waals surface area contributed by atoms with E-state index in [2.05, 4.69) is 9.97 Å². The van der Waals surface area contributed by atoms with Crippen LogP contribution in [0.2, 0.25) is 0 Å². The molecule has 0 bridgehead atoms. The van der Waals surface area contributed by atoms with E-state index in [0.717, 1.165) is 28.2 Å². The van der Waals surface area contributed by atoms with Crippen molar-refractivity contribution in [3.63, 3.8) is 0 Å². The van der Waals surface area contributed by atoms with Crippen LogP contribution in [0.1, 0.15) is 10.5 Å². The van der Waals surface area contributed by atoms with Gasteiger partial charge in [-0.1, -0.05) is 0 Å². The van der Waals surface area contributed by atoms with Crippen molar-refractivity contribution < 1.29 is 9.18 Å². The largest absolute Gasteiger partial charge is 0.341 e. The number of fused-ring (bicyclic) bond motifs is 3. The van der Waals surface area contributed by atoms with Crippen LogP contribution in [-0.4, -0.2) is 16.3 Å². The second-order valence-electron chi connectivity index (χ2n) is 3.45. The van der Waals surface area contributed by atoms with Gasteiger partial charge >= 0.3 is 0 Å². The van der Waals surface area contributed by atoms with E-state index in [0.29, 0.717) is 5.69 Å². The highest BCUT2D eigenvalue weighted by molar-refractivity contribution is 6.07. The van der Waals surface area contributed by atoms with Crippen LogP contribution in [0.5, 0.6) is 0 Å². The van der Waals surface area contributed by atoms with Gasteiger partial charge in [-0.25, -0.2) is 4.39 Å². The summed E-state index contributed by atoms with van der Waals surface area (Å²) in [7, 11) is 0. The van der Waals surface area contributed by atoms with Gasteiger partial charge in [0.05, 0.1) is 5.69 Å². The molecule has 4 heteroatoms. The van der Waals surface area contributed by atoms with Gasteiger partial charge in [-0.05, 0) is 24.3 Å². The molecule has 15 heavy (non-hydrogen) atoms. The smallest absolute Gasteiger partial charge is 0.166 e. The maximum absolute atomic E-state index is 13.0. The number of aromatic nitrogens is 2. The summed E-state index contributed by atoms with van der Waals surface area (Å²) in [5.74, 6) is -0.280. The Bertz CT molecular complexity index is 666. The molecule has 0 radical (unpaired) electrons. The van der Waals surface area contributed by atoms with Gasteiger partial charge in [-0.2, -0.15) is 0 Å². The average molecular weight is 202 g/mol. The fourth-order valence-electron chi connectivity index (χ4n) is 1.83. The number of H-pyrrole nitrogens is 2. The predicted octanol–water partition coefficient (Wildman–Crippen LogP) is 2.60.